The van der Waals surface area contributed by atoms with Crippen LogP contribution in [-0.4, -0.2) is 4.57 Å². The molecular weight excluding hydrogens is 741 g/mol. The molecule has 0 radical (unpaired) electrons. The van der Waals surface area contributed by atoms with Crippen molar-refractivity contribution < 1.29 is 4.42 Å². The first kappa shape index (κ1) is 34.9. The van der Waals surface area contributed by atoms with E-state index < -0.39 is 0 Å². The van der Waals surface area contributed by atoms with E-state index in [9.17, 15) is 0 Å². The Hall–Kier alpha value is -8.14. The summed E-state index contributed by atoms with van der Waals surface area (Å²) in [7, 11) is 0. The number of benzene rings is 10. The van der Waals surface area contributed by atoms with Crippen LogP contribution in [0, 0.1) is 0 Å². The molecule has 0 unspecified atom stereocenters. The zero-order chi connectivity index (χ0) is 40.3. The fraction of sp³-hybridized carbons (Fsp3) is 0. The maximum absolute atomic E-state index is 6.67. The summed E-state index contributed by atoms with van der Waals surface area (Å²) in [6, 6.07) is 83.0. The highest BCUT2D eigenvalue weighted by atomic mass is 16.3. The second-order valence-electron chi connectivity index (χ2n) is 15.6. The van der Waals surface area contributed by atoms with E-state index in [-0.39, 0.29) is 0 Å². The lowest BCUT2D eigenvalue weighted by Gasteiger charge is -2.28. The van der Waals surface area contributed by atoms with Crippen LogP contribution in [0.3, 0.4) is 0 Å². The van der Waals surface area contributed by atoms with Crippen molar-refractivity contribution in [2.45, 2.75) is 0 Å². The number of nitrogens with zero attached hydrogens (tertiary/aromatic N) is 2. The summed E-state index contributed by atoms with van der Waals surface area (Å²) in [6.07, 6.45) is 0. The minimum Gasteiger partial charge on any atom is -0.455 e. The molecule has 0 fully saturated rings. The lowest BCUT2D eigenvalue weighted by molar-refractivity contribution is 0.670. The summed E-state index contributed by atoms with van der Waals surface area (Å²) in [6.45, 7) is 0. The van der Waals surface area contributed by atoms with E-state index in [1.54, 1.807) is 0 Å². The molecule has 3 heteroatoms. The van der Waals surface area contributed by atoms with Crippen molar-refractivity contribution >= 4 is 71.6 Å². The minimum absolute atomic E-state index is 0.885. The van der Waals surface area contributed by atoms with Gasteiger partial charge in [-0.15, -0.1) is 0 Å². The molecule has 286 valence electrons. The predicted octanol–water partition coefficient (Wildman–Crippen LogP) is 16.3. The second-order valence-corrected chi connectivity index (χ2v) is 15.6. The maximum Gasteiger partial charge on any atom is 0.143 e. The molecule has 3 nitrogen and oxygen atoms in total. The van der Waals surface area contributed by atoms with Crippen LogP contribution in [0.1, 0.15) is 0 Å². The highest BCUT2D eigenvalue weighted by Gasteiger charge is 2.23. The van der Waals surface area contributed by atoms with Crippen molar-refractivity contribution in [3.8, 4) is 39.1 Å². The van der Waals surface area contributed by atoms with Gasteiger partial charge in [-0.3, -0.25) is 0 Å². The fourth-order valence-corrected chi connectivity index (χ4v) is 9.40. The summed E-state index contributed by atoms with van der Waals surface area (Å²) >= 11 is 0. The average molecular weight is 779 g/mol. The van der Waals surface area contributed by atoms with Gasteiger partial charge in [-0.1, -0.05) is 188 Å². The molecule has 2 heterocycles. The van der Waals surface area contributed by atoms with E-state index in [1.165, 1.54) is 55.0 Å². The first-order valence-corrected chi connectivity index (χ1v) is 20.8. The van der Waals surface area contributed by atoms with E-state index in [0.717, 1.165) is 55.6 Å². The molecule has 0 bridgehead atoms. The van der Waals surface area contributed by atoms with E-state index in [0.29, 0.717) is 0 Å². The Labute approximate surface area is 353 Å². The highest BCUT2D eigenvalue weighted by molar-refractivity contribution is 6.14. The Morgan fingerprint density at radius 2 is 0.951 bits per heavy atom. The van der Waals surface area contributed by atoms with Gasteiger partial charge in [0.05, 0.1) is 22.4 Å². The van der Waals surface area contributed by atoms with Gasteiger partial charge in [-0.05, 0) is 64.5 Å². The third kappa shape index (κ3) is 5.74. The molecule has 2 aromatic heterocycles. The van der Waals surface area contributed by atoms with Gasteiger partial charge >= 0.3 is 0 Å². The van der Waals surface area contributed by atoms with Crippen LogP contribution in [0.25, 0.3) is 93.6 Å². The summed E-state index contributed by atoms with van der Waals surface area (Å²) in [5, 5.41) is 7.05. The number of aromatic nitrogens is 1. The number of rotatable bonds is 7. The third-order valence-electron chi connectivity index (χ3n) is 12.2. The molecule has 61 heavy (non-hydrogen) atoms. The summed E-state index contributed by atoms with van der Waals surface area (Å²) in [4.78, 5) is 2.41. The van der Waals surface area contributed by atoms with E-state index >= 15 is 0 Å². The van der Waals surface area contributed by atoms with Gasteiger partial charge in [0, 0.05) is 55.0 Å². The number of fused-ring (bicyclic) bond motifs is 7. The molecular formula is C58H38N2O. The monoisotopic (exact) mass is 778 g/mol. The van der Waals surface area contributed by atoms with Crippen LogP contribution < -0.4 is 4.90 Å². The molecule has 0 aliphatic rings. The van der Waals surface area contributed by atoms with Crippen LogP contribution in [0.15, 0.2) is 235 Å². The van der Waals surface area contributed by atoms with Crippen LogP contribution in [0.2, 0.25) is 0 Å². The Morgan fingerprint density at radius 3 is 1.79 bits per heavy atom. The Balaban J connectivity index is 1.14. The van der Waals surface area contributed by atoms with E-state index in [4.69, 9.17) is 4.42 Å². The molecule has 0 saturated carbocycles. The number of hydrogen-bond acceptors (Lipinski definition) is 2. The molecule has 0 amide bonds. The van der Waals surface area contributed by atoms with Crippen molar-refractivity contribution in [3.63, 3.8) is 0 Å². The maximum atomic E-state index is 6.67. The number of hydrogen-bond donors (Lipinski definition) is 0. The molecule has 0 atom stereocenters. The zero-order valence-electron chi connectivity index (χ0n) is 33.2. The van der Waals surface area contributed by atoms with Crippen molar-refractivity contribution in [1.29, 1.82) is 0 Å². The Bertz CT molecular complexity index is 3580. The van der Waals surface area contributed by atoms with Crippen LogP contribution >= 0.6 is 0 Å². The van der Waals surface area contributed by atoms with Crippen molar-refractivity contribution in [1.82, 2.24) is 4.57 Å². The number of furan rings is 1. The van der Waals surface area contributed by atoms with Gasteiger partial charge < -0.3 is 13.9 Å². The molecule has 12 aromatic rings. The predicted molar refractivity (Wildman–Crippen MR) is 257 cm³/mol. The molecule has 0 spiro atoms. The van der Waals surface area contributed by atoms with Crippen LogP contribution in [0.4, 0.5) is 17.1 Å². The van der Waals surface area contributed by atoms with Crippen molar-refractivity contribution in [2.75, 3.05) is 4.90 Å². The molecule has 12 rings (SSSR count). The van der Waals surface area contributed by atoms with E-state index in [1.807, 2.05) is 6.07 Å². The molecule has 10 aromatic carbocycles. The number of anilines is 3. The molecule has 0 saturated heterocycles. The lowest BCUT2D eigenvalue weighted by atomic mass is 9.98. The normalized spacial score (nSPS) is 11.6. The number of para-hydroxylation sites is 4. The third-order valence-corrected chi connectivity index (χ3v) is 12.2. The largest absolute Gasteiger partial charge is 0.455 e. The van der Waals surface area contributed by atoms with Gasteiger partial charge in [0.2, 0.25) is 0 Å². The van der Waals surface area contributed by atoms with E-state index in [2.05, 4.69) is 234 Å². The Kier molecular flexibility index (Phi) is 8.17. The molecule has 0 N–H and O–H groups in total. The average Bonchev–Trinajstić information content (AvgIpc) is 3.88. The second kappa shape index (κ2) is 14.3. The summed E-state index contributed by atoms with van der Waals surface area (Å²) in [5.41, 5.74) is 15.3. The first-order valence-electron chi connectivity index (χ1n) is 20.8. The Morgan fingerprint density at radius 1 is 0.344 bits per heavy atom. The quantitative estimate of drug-likeness (QED) is 0.161. The van der Waals surface area contributed by atoms with Gasteiger partial charge in [0.1, 0.15) is 11.2 Å². The minimum atomic E-state index is 0.885. The summed E-state index contributed by atoms with van der Waals surface area (Å²) in [5.74, 6) is 0. The SMILES string of the molecule is c1ccc(-c2ccc(N(c3ccc4c5ccccc5n(-c5c(-c6ccccc6)ccc6ccccc56)c4c3)c3ccccc3-c3cccc4c3oc3ccccc34)cc2)cc1. The fourth-order valence-electron chi connectivity index (χ4n) is 9.40. The van der Waals surface area contributed by atoms with Crippen molar-refractivity contribution in [3.05, 3.63) is 231 Å². The van der Waals surface area contributed by atoms with Gasteiger partial charge in [0.15, 0.2) is 0 Å². The first-order chi connectivity index (χ1) is 30.3. The van der Waals surface area contributed by atoms with Gasteiger partial charge in [-0.25, -0.2) is 0 Å². The topological polar surface area (TPSA) is 21.3 Å². The summed E-state index contributed by atoms with van der Waals surface area (Å²) < 4.78 is 9.16. The highest BCUT2D eigenvalue weighted by Crippen LogP contribution is 2.47. The van der Waals surface area contributed by atoms with Crippen LogP contribution in [0.5, 0.6) is 0 Å². The zero-order valence-corrected chi connectivity index (χ0v) is 33.2. The van der Waals surface area contributed by atoms with Gasteiger partial charge in [0.25, 0.3) is 0 Å². The standard InChI is InChI=1S/C58H38N2O/c1-3-16-39(17-4-1)40-30-33-43(34-31-40)59(53-27-12-10-23-48(53)51-25-15-26-52-50-24-11-14-29-56(50)61-58(51)52)44-35-37-49-47-22-9-13-28-54(47)60(55(49)38-44)57-45-21-8-7-20-42(45)32-36-46(57)41-18-5-2-6-19-41/h1-38H. The van der Waals surface area contributed by atoms with Gasteiger partial charge in [-0.2, -0.15) is 0 Å². The lowest BCUT2D eigenvalue weighted by Crippen LogP contribution is -2.11. The van der Waals surface area contributed by atoms with Crippen molar-refractivity contribution in [2.24, 2.45) is 0 Å². The molecule has 0 aliphatic heterocycles. The smallest absolute Gasteiger partial charge is 0.143 e. The molecule has 0 aliphatic carbocycles. The van der Waals surface area contributed by atoms with Crippen LogP contribution in [-0.2, 0) is 0 Å².